The molecule has 0 spiro atoms. The van der Waals surface area contributed by atoms with Crippen molar-refractivity contribution in [1.82, 2.24) is 10.6 Å². The predicted molar refractivity (Wildman–Crippen MR) is 73.5 cm³/mol. The largest absolute Gasteiger partial charge is 0.316 e. The molecule has 2 N–H and O–H groups in total. The third-order valence-corrected chi connectivity index (χ3v) is 3.83. The molecule has 2 rings (SSSR count). The van der Waals surface area contributed by atoms with E-state index in [-0.39, 0.29) is 0 Å². The first kappa shape index (κ1) is 12.9. The Kier molecular flexibility index (Phi) is 4.84. The summed E-state index contributed by atoms with van der Waals surface area (Å²) in [5.74, 6) is 0.758. The Bertz CT molecular complexity index is 348. The summed E-state index contributed by atoms with van der Waals surface area (Å²) in [7, 11) is 0. The zero-order valence-electron chi connectivity index (χ0n) is 10.4. The maximum absolute atomic E-state index is 6.19. The highest BCUT2D eigenvalue weighted by Crippen LogP contribution is 2.22. The summed E-state index contributed by atoms with van der Waals surface area (Å²) in [6, 6.07) is 8.40. The fourth-order valence-electron chi connectivity index (χ4n) is 2.38. The van der Waals surface area contributed by atoms with Gasteiger partial charge in [0.2, 0.25) is 0 Å². The Balaban J connectivity index is 1.84. The monoisotopic (exact) mass is 252 g/mol. The van der Waals surface area contributed by atoms with Gasteiger partial charge in [0.25, 0.3) is 0 Å². The molecular weight excluding hydrogens is 232 g/mol. The molecule has 0 aliphatic carbocycles. The normalized spacial score (nSPS) is 22.4. The standard InChI is InChI=1S/C14H21ClN2/c1-11(13-6-2-3-7-14(13)15)17-10-12-5-4-8-16-9-12/h2-3,6-7,11-12,16-17H,4-5,8-10H2,1H3/t11-,12?/m0/s1. The average molecular weight is 253 g/mol. The zero-order valence-corrected chi connectivity index (χ0v) is 11.1. The summed E-state index contributed by atoms with van der Waals surface area (Å²) in [5.41, 5.74) is 1.19. The molecule has 0 bridgehead atoms. The third-order valence-electron chi connectivity index (χ3n) is 3.48. The number of piperidine rings is 1. The molecule has 1 aromatic rings. The van der Waals surface area contributed by atoms with Crippen molar-refractivity contribution in [2.45, 2.75) is 25.8 Å². The summed E-state index contributed by atoms with van der Waals surface area (Å²) < 4.78 is 0. The lowest BCUT2D eigenvalue weighted by Crippen LogP contribution is -2.36. The summed E-state index contributed by atoms with van der Waals surface area (Å²) in [6.07, 6.45) is 2.63. The van der Waals surface area contributed by atoms with Crippen LogP contribution in [-0.2, 0) is 0 Å². The fourth-order valence-corrected chi connectivity index (χ4v) is 2.68. The van der Waals surface area contributed by atoms with Gasteiger partial charge in [0, 0.05) is 11.1 Å². The minimum Gasteiger partial charge on any atom is -0.316 e. The van der Waals surface area contributed by atoms with Crippen LogP contribution in [0, 0.1) is 5.92 Å². The first-order valence-electron chi connectivity index (χ1n) is 6.46. The molecule has 2 atom stereocenters. The summed E-state index contributed by atoms with van der Waals surface area (Å²) in [4.78, 5) is 0. The highest BCUT2D eigenvalue weighted by molar-refractivity contribution is 6.31. The lowest BCUT2D eigenvalue weighted by Gasteiger charge is -2.25. The maximum atomic E-state index is 6.19. The fraction of sp³-hybridized carbons (Fsp3) is 0.571. The minimum absolute atomic E-state index is 0.325. The number of halogens is 1. The van der Waals surface area contributed by atoms with Crippen molar-refractivity contribution in [1.29, 1.82) is 0 Å². The number of hydrogen-bond acceptors (Lipinski definition) is 2. The van der Waals surface area contributed by atoms with Gasteiger partial charge in [-0.05, 0) is 56.9 Å². The molecule has 1 aliphatic rings. The van der Waals surface area contributed by atoms with Gasteiger partial charge in [-0.3, -0.25) is 0 Å². The van der Waals surface area contributed by atoms with Gasteiger partial charge in [-0.2, -0.15) is 0 Å². The summed E-state index contributed by atoms with van der Waals surface area (Å²) in [6.45, 7) is 5.57. The van der Waals surface area contributed by atoms with Crippen LogP contribution in [0.5, 0.6) is 0 Å². The van der Waals surface area contributed by atoms with Crippen molar-refractivity contribution in [2.75, 3.05) is 19.6 Å². The molecule has 1 aromatic carbocycles. The number of benzene rings is 1. The van der Waals surface area contributed by atoms with Crippen molar-refractivity contribution in [3.8, 4) is 0 Å². The van der Waals surface area contributed by atoms with Crippen molar-refractivity contribution < 1.29 is 0 Å². The molecule has 1 unspecified atom stereocenters. The van der Waals surface area contributed by atoms with Crippen LogP contribution in [-0.4, -0.2) is 19.6 Å². The molecule has 1 fully saturated rings. The van der Waals surface area contributed by atoms with E-state index in [1.54, 1.807) is 0 Å². The first-order chi connectivity index (χ1) is 8.27. The molecule has 0 radical (unpaired) electrons. The predicted octanol–water partition coefficient (Wildman–Crippen LogP) is 2.99. The third kappa shape index (κ3) is 3.70. The lowest BCUT2D eigenvalue weighted by molar-refractivity contribution is 0.348. The Hall–Kier alpha value is -0.570. The van der Waals surface area contributed by atoms with Crippen LogP contribution in [0.1, 0.15) is 31.4 Å². The lowest BCUT2D eigenvalue weighted by atomic mass is 9.99. The van der Waals surface area contributed by atoms with Crippen molar-refractivity contribution in [3.05, 3.63) is 34.9 Å². The number of nitrogens with one attached hydrogen (secondary N) is 2. The maximum Gasteiger partial charge on any atom is 0.0453 e. The van der Waals surface area contributed by atoms with Crippen molar-refractivity contribution in [2.24, 2.45) is 5.92 Å². The van der Waals surface area contributed by atoms with Gasteiger partial charge in [0.15, 0.2) is 0 Å². The SMILES string of the molecule is C[C@H](NCC1CCCNC1)c1ccccc1Cl. The highest BCUT2D eigenvalue weighted by atomic mass is 35.5. The highest BCUT2D eigenvalue weighted by Gasteiger charge is 2.15. The van der Waals surface area contributed by atoms with E-state index in [2.05, 4.69) is 23.6 Å². The Morgan fingerprint density at radius 2 is 2.29 bits per heavy atom. The molecule has 17 heavy (non-hydrogen) atoms. The van der Waals surface area contributed by atoms with E-state index >= 15 is 0 Å². The van der Waals surface area contributed by atoms with Crippen molar-refractivity contribution >= 4 is 11.6 Å². The van der Waals surface area contributed by atoms with Gasteiger partial charge in [-0.25, -0.2) is 0 Å². The van der Waals surface area contributed by atoms with E-state index in [1.165, 1.54) is 24.9 Å². The topological polar surface area (TPSA) is 24.1 Å². The molecule has 0 saturated carbocycles. The van der Waals surface area contributed by atoms with E-state index in [0.29, 0.717) is 6.04 Å². The number of hydrogen-bond donors (Lipinski definition) is 2. The van der Waals surface area contributed by atoms with E-state index in [1.807, 2.05) is 18.2 Å². The Morgan fingerprint density at radius 1 is 1.47 bits per heavy atom. The van der Waals surface area contributed by atoms with Crippen LogP contribution in [0.15, 0.2) is 24.3 Å². The second-order valence-corrected chi connectivity index (χ2v) is 5.27. The molecule has 3 heteroatoms. The molecule has 94 valence electrons. The second-order valence-electron chi connectivity index (χ2n) is 4.86. The molecule has 1 aliphatic heterocycles. The van der Waals surface area contributed by atoms with Crippen LogP contribution in [0.4, 0.5) is 0 Å². The quantitative estimate of drug-likeness (QED) is 0.861. The van der Waals surface area contributed by atoms with Crippen LogP contribution < -0.4 is 10.6 Å². The van der Waals surface area contributed by atoms with Gasteiger partial charge in [0.05, 0.1) is 0 Å². The minimum atomic E-state index is 0.325. The van der Waals surface area contributed by atoms with Gasteiger partial charge < -0.3 is 10.6 Å². The molecule has 0 amide bonds. The van der Waals surface area contributed by atoms with E-state index in [9.17, 15) is 0 Å². The van der Waals surface area contributed by atoms with E-state index < -0.39 is 0 Å². The Morgan fingerprint density at radius 3 is 3.00 bits per heavy atom. The van der Waals surface area contributed by atoms with Gasteiger partial charge >= 0.3 is 0 Å². The summed E-state index contributed by atoms with van der Waals surface area (Å²) in [5, 5.41) is 7.88. The molecular formula is C14H21ClN2. The van der Waals surface area contributed by atoms with Crippen LogP contribution >= 0.6 is 11.6 Å². The number of rotatable bonds is 4. The first-order valence-corrected chi connectivity index (χ1v) is 6.83. The molecule has 0 aromatic heterocycles. The van der Waals surface area contributed by atoms with Crippen LogP contribution in [0.2, 0.25) is 5.02 Å². The van der Waals surface area contributed by atoms with E-state index in [4.69, 9.17) is 11.6 Å². The second kappa shape index (κ2) is 6.39. The molecule has 1 saturated heterocycles. The summed E-state index contributed by atoms with van der Waals surface area (Å²) >= 11 is 6.19. The van der Waals surface area contributed by atoms with Crippen molar-refractivity contribution in [3.63, 3.8) is 0 Å². The van der Waals surface area contributed by atoms with Gasteiger partial charge in [-0.1, -0.05) is 29.8 Å². The Labute approximate surface area is 109 Å². The van der Waals surface area contributed by atoms with Crippen LogP contribution in [0.25, 0.3) is 0 Å². The zero-order chi connectivity index (χ0) is 12.1. The smallest absolute Gasteiger partial charge is 0.0453 e. The van der Waals surface area contributed by atoms with Crippen LogP contribution in [0.3, 0.4) is 0 Å². The molecule has 1 heterocycles. The van der Waals surface area contributed by atoms with Gasteiger partial charge in [-0.15, -0.1) is 0 Å². The van der Waals surface area contributed by atoms with E-state index in [0.717, 1.165) is 24.0 Å². The van der Waals surface area contributed by atoms with Gasteiger partial charge in [0.1, 0.15) is 0 Å². The average Bonchev–Trinajstić information content (AvgIpc) is 2.38. The molecule has 2 nitrogen and oxygen atoms in total.